The summed E-state index contributed by atoms with van der Waals surface area (Å²) in [7, 11) is 0. The fourth-order valence-electron chi connectivity index (χ4n) is 2.42. The molecule has 6 nitrogen and oxygen atoms in total. The highest BCUT2D eigenvalue weighted by atomic mass is 16.4. The summed E-state index contributed by atoms with van der Waals surface area (Å²) in [6, 6.07) is 8.57. The molecule has 0 spiro atoms. The summed E-state index contributed by atoms with van der Waals surface area (Å²) in [5.41, 5.74) is 3.44. The molecule has 0 bridgehead atoms. The van der Waals surface area contributed by atoms with Crippen LogP contribution in [0.5, 0.6) is 0 Å². The molecule has 1 saturated heterocycles. The standard InChI is InChI=1S/C15H21N3O3/c19-14(20)13(12-7-3-1-4-8-12)11-16-15(21)17-18-9-5-2-6-10-18/h1,3-4,7-8,13H,2,5-6,9-11H2,(H,19,20)(H2,16,17,21). The van der Waals surface area contributed by atoms with Gasteiger partial charge in [0, 0.05) is 19.6 Å². The van der Waals surface area contributed by atoms with Gasteiger partial charge in [0.05, 0.1) is 5.92 Å². The lowest BCUT2D eigenvalue weighted by molar-refractivity contribution is -0.138. The Morgan fingerprint density at radius 3 is 2.43 bits per heavy atom. The van der Waals surface area contributed by atoms with E-state index in [1.54, 1.807) is 24.3 Å². The number of carboxylic acid groups (broad SMARTS) is 1. The number of amides is 2. The largest absolute Gasteiger partial charge is 0.481 e. The zero-order valence-corrected chi connectivity index (χ0v) is 11.9. The predicted octanol–water partition coefficient (Wildman–Crippen LogP) is 1.55. The Hall–Kier alpha value is -2.08. The number of hydrogen-bond donors (Lipinski definition) is 3. The third kappa shape index (κ3) is 4.75. The zero-order valence-electron chi connectivity index (χ0n) is 11.9. The molecule has 2 amide bonds. The third-order valence-corrected chi connectivity index (χ3v) is 3.58. The van der Waals surface area contributed by atoms with E-state index in [-0.39, 0.29) is 12.6 Å². The van der Waals surface area contributed by atoms with Crippen LogP contribution in [0.1, 0.15) is 30.7 Å². The normalized spacial score (nSPS) is 17.0. The van der Waals surface area contributed by atoms with Crippen LogP contribution in [0.2, 0.25) is 0 Å². The Kier molecular flexibility index (Phi) is 5.57. The second kappa shape index (κ2) is 7.64. The summed E-state index contributed by atoms with van der Waals surface area (Å²) < 4.78 is 0. The average molecular weight is 291 g/mol. The van der Waals surface area contributed by atoms with Gasteiger partial charge >= 0.3 is 12.0 Å². The number of carbonyl (C=O) groups is 2. The minimum Gasteiger partial charge on any atom is -0.481 e. The molecule has 1 aliphatic heterocycles. The molecule has 1 aliphatic rings. The van der Waals surface area contributed by atoms with Gasteiger partial charge in [0.25, 0.3) is 0 Å². The first-order chi connectivity index (χ1) is 10.2. The lowest BCUT2D eigenvalue weighted by Crippen LogP contribution is -2.50. The maximum absolute atomic E-state index is 11.8. The zero-order chi connectivity index (χ0) is 15.1. The first kappa shape index (κ1) is 15.3. The van der Waals surface area contributed by atoms with Gasteiger partial charge in [-0.2, -0.15) is 0 Å². The van der Waals surface area contributed by atoms with Crippen molar-refractivity contribution in [3.63, 3.8) is 0 Å². The number of carbonyl (C=O) groups excluding carboxylic acids is 1. The molecule has 0 aliphatic carbocycles. The fraction of sp³-hybridized carbons (Fsp3) is 0.467. The van der Waals surface area contributed by atoms with Crippen molar-refractivity contribution in [3.05, 3.63) is 35.9 Å². The lowest BCUT2D eigenvalue weighted by Gasteiger charge is -2.27. The fourth-order valence-corrected chi connectivity index (χ4v) is 2.42. The van der Waals surface area contributed by atoms with Crippen LogP contribution >= 0.6 is 0 Å². The molecule has 2 rings (SSSR count). The van der Waals surface area contributed by atoms with E-state index in [2.05, 4.69) is 10.7 Å². The topological polar surface area (TPSA) is 81.7 Å². The van der Waals surface area contributed by atoms with Crippen molar-refractivity contribution in [1.29, 1.82) is 0 Å². The van der Waals surface area contributed by atoms with Crippen LogP contribution in [-0.4, -0.2) is 41.8 Å². The molecule has 114 valence electrons. The minimum absolute atomic E-state index is 0.0685. The third-order valence-electron chi connectivity index (χ3n) is 3.58. The van der Waals surface area contributed by atoms with E-state index in [1.807, 2.05) is 11.1 Å². The number of rotatable bonds is 5. The number of benzene rings is 1. The van der Waals surface area contributed by atoms with Crippen molar-refractivity contribution in [2.75, 3.05) is 19.6 Å². The van der Waals surface area contributed by atoms with Gasteiger partial charge in [0.1, 0.15) is 0 Å². The molecule has 0 aromatic heterocycles. The molecule has 1 heterocycles. The molecule has 1 fully saturated rings. The monoisotopic (exact) mass is 291 g/mol. The van der Waals surface area contributed by atoms with Gasteiger partial charge in [-0.25, -0.2) is 9.80 Å². The summed E-state index contributed by atoms with van der Waals surface area (Å²) in [4.78, 5) is 23.1. The van der Waals surface area contributed by atoms with E-state index in [1.165, 1.54) is 6.42 Å². The molecule has 1 aromatic rings. The summed E-state index contributed by atoms with van der Waals surface area (Å²) in [6.07, 6.45) is 3.33. The minimum atomic E-state index is -0.945. The maximum atomic E-state index is 11.8. The average Bonchev–Trinajstić information content (AvgIpc) is 2.49. The van der Waals surface area contributed by atoms with Gasteiger partial charge in [0.2, 0.25) is 0 Å². The molecule has 1 atom stereocenters. The van der Waals surface area contributed by atoms with Crippen LogP contribution in [0.15, 0.2) is 30.3 Å². The summed E-state index contributed by atoms with van der Waals surface area (Å²) in [5.74, 6) is -1.68. The van der Waals surface area contributed by atoms with Crippen molar-refractivity contribution < 1.29 is 14.7 Å². The van der Waals surface area contributed by atoms with Crippen LogP contribution in [0, 0.1) is 0 Å². The Bertz CT molecular complexity index is 472. The lowest BCUT2D eigenvalue weighted by atomic mass is 9.99. The Balaban J connectivity index is 1.84. The molecule has 21 heavy (non-hydrogen) atoms. The van der Waals surface area contributed by atoms with Crippen LogP contribution in [0.4, 0.5) is 4.79 Å². The predicted molar refractivity (Wildman–Crippen MR) is 78.8 cm³/mol. The number of nitrogens with zero attached hydrogens (tertiary/aromatic N) is 1. The van der Waals surface area contributed by atoms with Gasteiger partial charge in [-0.15, -0.1) is 0 Å². The van der Waals surface area contributed by atoms with Crippen molar-refractivity contribution in [1.82, 2.24) is 15.8 Å². The molecular formula is C15H21N3O3. The number of piperidine rings is 1. The Morgan fingerprint density at radius 1 is 1.14 bits per heavy atom. The molecule has 0 saturated carbocycles. The maximum Gasteiger partial charge on any atom is 0.329 e. The van der Waals surface area contributed by atoms with Crippen molar-refractivity contribution in [2.24, 2.45) is 0 Å². The molecular weight excluding hydrogens is 270 g/mol. The second-order valence-electron chi connectivity index (χ2n) is 5.17. The Labute approximate surface area is 124 Å². The van der Waals surface area contributed by atoms with Gasteiger partial charge in [-0.1, -0.05) is 36.8 Å². The molecule has 6 heteroatoms. The van der Waals surface area contributed by atoms with Crippen LogP contribution in [0.3, 0.4) is 0 Å². The number of nitrogens with one attached hydrogen (secondary N) is 2. The van der Waals surface area contributed by atoms with E-state index >= 15 is 0 Å². The van der Waals surface area contributed by atoms with Gasteiger partial charge in [-0.3, -0.25) is 10.2 Å². The van der Waals surface area contributed by atoms with Crippen molar-refractivity contribution in [3.8, 4) is 0 Å². The van der Waals surface area contributed by atoms with E-state index in [0.29, 0.717) is 5.56 Å². The van der Waals surface area contributed by atoms with Gasteiger partial charge < -0.3 is 10.4 Å². The molecule has 0 radical (unpaired) electrons. The van der Waals surface area contributed by atoms with E-state index in [4.69, 9.17) is 0 Å². The smallest absolute Gasteiger partial charge is 0.329 e. The van der Waals surface area contributed by atoms with Crippen LogP contribution in [-0.2, 0) is 4.79 Å². The van der Waals surface area contributed by atoms with E-state index in [9.17, 15) is 14.7 Å². The Morgan fingerprint density at radius 2 is 1.81 bits per heavy atom. The first-order valence-electron chi connectivity index (χ1n) is 7.24. The number of hydrogen-bond acceptors (Lipinski definition) is 3. The quantitative estimate of drug-likeness (QED) is 0.769. The summed E-state index contributed by atoms with van der Waals surface area (Å²) in [6.45, 7) is 1.75. The van der Waals surface area contributed by atoms with Crippen LogP contribution in [0.25, 0.3) is 0 Å². The number of hydrazine groups is 1. The van der Waals surface area contributed by atoms with E-state index < -0.39 is 11.9 Å². The highest BCUT2D eigenvalue weighted by molar-refractivity contribution is 5.78. The number of urea groups is 1. The van der Waals surface area contributed by atoms with Crippen molar-refractivity contribution in [2.45, 2.75) is 25.2 Å². The van der Waals surface area contributed by atoms with Crippen LogP contribution < -0.4 is 10.7 Å². The highest BCUT2D eigenvalue weighted by Gasteiger charge is 2.21. The van der Waals surface area contributed by atoms with Gasteiger partial charge in [-0.05, 0) is 18.4 Å². The summed E-state index contributed by atoms with van der Waals surface area (Å²) >= 11 is 0. The van der Waals surface area contributed by atoms with Gasteiger partial charge in [0.15, 0.2) is 0 Å². The number of carboxylic acids is 1. The van der Waals surface area contributed by atoms with E-state index in [0.717, 1.165) is 25.9 Å². The highest BCUT2D eigenvalue weighted by Crippen LogP contribution is 2.14. The SMILES string of the molecule is O=C(NCC(C(=O)O)c1ccccc1)NN1CCCCC1. The molecule has 1 unspecified atom stereocenters. The molecule has 1 aromatic carbocycles. The molecule has 3 N–H and O–H groups in total. The number of aliphatic carboxylic acids is 1. The summed E-state index contributed by atoms with van der Waals surface area (Å²) in [5, 5.41) is 13.8. The second-order valence-corrected chi connectivity index (χ2v) is 5.17. The first-order valence-corrected chi connectivity index (χ1v) is 7.24. The van der Waals surface area contributed by atoms with Crippen molar-refractivity contribution >= 4 is 12.0 Å².